The molecule has 5 rings (SSSR count). The van der Waals surface area contributed by atoms with E-state index in [4.69, 9.17) is 38.3 Å². The van der Waals surface area contributed by atoms with Gasteiger partial charge in [-0.05, 0) is 56.7 Å². The van der Waals surface area contributed by atoms with Crippen molar-refractivity contribution in [3.05, 3.63) is 84.3 Å². The quantitative estimate of drug-likeness (QED) is 0.0769. The van der Waals surface area contributed by atoms with Gasteiger partial charge in [0.2, 0.25) is 5.91 Å². The van der Waals surface area contributed by atoms with Crippen LogP contribution in [0.2, 0.25) is 0 Å². The van der Waals surface area contributed by atoms with Crippen LogP contribution in [-0.2, 0) is 33.3 Å². The van der Waals surface area contributed by atoms with E-state index in [0.29, 0.717) is 58.5 Å². The van der Waals surface area contributed by atoms with E-state index < -0.39 is 5.97 Å². The number of aryl methyl sites for hydroxylation is 2. The normalized spacial score (nSPS) is 12.0. The second kappa shape index (κ2) is 20.3. The lowest BCUT2D eigenvalue weighted by molar-refractivity contribution is -0.138. The second-order valence-corrected chi connectivity index (χ2v) is 12.3. The van der Waals surface area contributed by atoms with Crippen LogP contribution in [0.5, 0.6) is 0 Å². The number of hydrogen-bond donors (Lipinski definition) is 2. The van der Waals surface area contributed by atoms with Crippen LogP contribution in [0.1, 0.15) is 43.0 Å². The van der Waals surface area contributed by atoms with Gasteiger partial charge in [-0.25, -0.2) is 0 Å². The Hall–Kier alpha value is -4.99. The zero-order chi connectivity index (χ0) is 37.4. The number of anilines is 1. The van der Waals surface area contributed by atoms with Gasteiger partial charge in [0, 0.05) is 41.0 Å². The largest absolute Gasteiger partial charge is 0.481 e. The Kier molecular flexibility index (Phi) is 15.0. The van der Waals surface area contributed by atoms with E-state index in [1.54, 1.807) is 6.20 Å². The number of pyridine rings is 2. The number of ether oxygens (including phenoxy) is 5. The number of carboxylic acid groups (broad SMARTS) is 1. The van der Waals surface area contributed by atoms with E-state index in [-0.39, 0.29) is 38.0 Å². The fourth-order valence-electron chi connectivity index (χ4n) is 5.72. The third-order valence-electron chi connectivity index (χ3n) is 8.43. The van der Waals surface area contributed by atoms with Crippen LogP contribution in [-0.4, -0.2) is 103 Å². The number of hydrogen-bond acceptors (Lipinski definition) is 11. The molecule has 14 nitrogen and oxygen atoms in total. The Morgan fingerprint density at radius 3 is 2.00 bits per heavy atom. The Morgan fingerprint density at radius 1 is 0.811 bits per heavy atom. The van der Waals surface area contributed by atoms with Gasteiger partial charge in [-0.1, -0.05) is 23.4 Å². The molecule has 0 radical (unpaired) electrons. The molecular weight excluding hydrogens is 682 g/mol. The standard InChI is InChI=1S/C39H47N5O9/c1-27-38(29(3)53-43-27)31-24-35-39(41-25-31)33(26-44(35)28(2)34-6-4-5-13-40-34)30-7-9-32(10-8-30)42-36(45)11-14-48-16-18-50-20-22-52-23-21-51-19-17-49-15-12-37(46)47/h4-10,13,24-26,28H,11-12,14-23H2,1-3H3,(H,42,45)(H,46,47)/t28-/m0/s1. The molecule has 0 unspecified atom stereocenters. The average molecular weight is 730 g/mol. The van der Waals surface area contributed by atoms with Gasteiger partial charge in [0.1, 0.15) is 5.76 Å². The Morgan fingerprint density at radius 2 is 1.43 bits per heavy atom. The summed E-state index contributed by atoms with van der Waals surface area (Å²) in [6.07, 6.45) is 5.97. The number of carbonyl (C=O) groups is 2. The highest BCUT2D eigenvalue weighted by Crippen LogP contribution is 2.36. The summed E-state index contributed by atoms with van der Waals surface area (Å²) in [4.78, 5) is 32.5. The molecule has 0 saturated carbocycles. The fourth-order valence-corrected chi connectivity index (χ4v) is 5.72. The van der Waals surface area contributed by atoms with Gasteiger partial charge in [-0.3, -0.25) is 19.6 Å². The fraction of sp³-hybridized carbons (Fsp3) is 0.410. The number of carboxylic acids is 1. The van der Waals surface area contributed by atoms with Gasteiger partial charge in [0.05, 0.1) is 107 Å². The highest BCUT2D eigenvalue weighted by Gasteiger charge is 2.20. The van der Waals surface area contributed by atoms with Crippen LogP contribution < -0.4 is 5.32 Å². The maximum absolute atomic E-state index is 12.6. The molecule has 0 spiro atoms. The number of rotatable bonds is 23. The molecule has 5 aromatic rings. The molecule has 0 fully saturated rings. The molecule has 0 bridgehead atoms. The summed E-state index contributed by atoms with van der Waals surface area (Å²) in [7, 11) is 0. The van der Waals surface area contributed by atoms with Crippen LogP contribution in [0.15, 0.2) is 71.6 Å². The monoisotopic (exact) mass is 729 g/mol. The molecule has 53 heavy (non-hydrogen) atoms. The molecule has 2 N–H and O–H groups in total. The number of amides is 1. The van der Waals surface area contributed by atoms with Crippen molar-refractivity contribution in [1.82, 2.24) is 19.7 Å². The molecule has 14 heteroatoms. The van der Waals surface area contributed by atoms with Crippen LogP contribution in [0.25, 0.3) is 33.3 Å². The summed E-state index contributed by atoms with van der Waals surface area (Å²) < 4.78 is 34.6. The highest BCUT2D eigenvalue weighted by atomic mass is 16.6. The van der Waals surface area contributed by atoms with Crippen molar-refractivity contribution >= 4 is 28.6 Å². The van der Waals surface area contributed by atoms with E-state index >= 15 is 0 Å². The predicted octanol–water partition coefficient (Wildman–Crippen LogP) is 5.87. The SMILES string of the molecule is Cc1noc(C)c1-c1cnc2c(-c3ccc(NC(=O)CCOCCOCCOCCOCCOCCC(=O)O)cc3)cn([C@@H](C)c3ccccn3)c2c1. The van der Waals surface area contributed by atoms with Gasteiger partial charge in [-0.15, -0.1) is 0 Å². The molecule has 1 atom stereocenters. The maximum atomic E-state index is 12.6. The molecule has 0 aliphatic rings. The van der Waals surface area contributed by atoms with E-state index in [1.807, 2.05) is 62.5 Å². The lowest BCUT2D eigenvalue weighted by Gasteiger charge is -2.15. The second-order valence-electron chi connectivity index (χ2n) is 12.3. The highest BCUT2D eigenvalue weighted by molar-refractivity contribution is 5.96. The predicted molar refractivity (Wildman–Crippen MR) is 198 cm³/mol. The summed E-state index contributed by atoms with van der Waals surface area (Å²) in [5.74, 6) is -0.286. The Balaban J connectivity index is 1.05. The maximum Gasteiger partial charge on any atom is 0.305 e. The first-order chi connectivity index (χ1) is 25.8. The van der Waals surface area contributed by atoms with Crippen LogP contribution in [0, 0.1) is 13.8 Å². The van der Waals surface area contributed by atoms with Crippen molar-refractivity contribution in [3.8, 4) is 22.3 Å². The topological polar surface area (TPSA) is 169 Å². The van der Waals surface area contributed by atoms with Gasteiger partial charge in [0.25, 0.3) is 0 Å². The minimum atomic E-state index is -0.885. The zero-order valence-electron chi connectivity index (χ0n) is 30.4. The third kappa shape index (κ3) is 11.5. The van der Waals surface area contributed by atoms with Crippen molar-refractivity contribution < 1.29 is 42.9 Å². The number of nitrogens with zero attached hydrogens (tertiary/aromatic N) is 4. The summed E-state index contributed by atoms with van der Waals surface area (Å²) in [6.45, 7) is 9.57. The molecule has 0 saturated heterocycles. The average Bonchev–Trinajstić information content (AvgIpc) is 3.71. The first-order valence-corrected chi connectivity index (χ1v) is 17.7. The van der Waals surface area contributed by atoms with E-state index in [0.717, 1.165) is 50.4 Å². The number of aromatic nitrogens is 4. The lowest BCUT2D eigenvalue weighted by atomic mass is 10.0. The van der Waals surface area contributed by atoms with E-state index in [2.05, 4.69) is 39.2 Å². The Labute approximate surface area is 308 Å². The van der Waals surface area contributed by atoms with Gasteiger partial charge in [0.15, 0.2) is 0 Å². The third-order valence-corrected chi connectivity index (χ3v) is 8.43. The summed E-state index contributed by atoms with van der Waals surface area (Å²) in [5.41, 5.74) is 8.07. The molecular formula is C39H47N5O9. The number of fused-ring (bicyclic) bond motifs is 1. The molecule has 4 aromatic heterocycles. The smallest absolute Gasteiger partial charge is 0.305 e. The van der Waals surface area contributed by atoms with Crippen molar-refractivity contribution in [2.24, 2.45) is 0 Å². The summed E-state index contributed by atoms with van der Waals surface area (Å²) >= 11 is 0. The van der Waals surface area contributed by atoms with Crippen molar-refractivity contribution in [2.45, 2.75) is 39.7 Å². The minimum Gasteiger partial charge on any atom is -0.481 e. The number of carbonyl (C=O) groups excluding carboxylic acids is 1. The van der Waals surface area contributed by atoms with Crippen molar-refractivity contribution in [1.29, 1.82) is 0 Å². The first-order valence-electron chi connectivity index (χ1n) is 17.7. The van der Waals surface area contributed by atoms with E-state index in [9.17, 15) is 9.59 Å². The number of benzene rings is 1. The number of aliphatic carboxylic acids is 1. The molecule has 282 valence electrons. The minimum absolute atomic E-state index is 0.0176. The molecule has 4 heterocycles. The van der Waals surface area contributed by atoms with Crippen LogP contribution >= 0.6 is 0 Å². The van der Waals surface area contributed by atoms with Gasteiger partial charge >= 0.3 is 5.97 Å². The molecule has 1 amide bonds. The molecule has 0 aliphatic heterocycles. The molecule has 0 aliphatic carbocycles. The summed E-state index contributed by atoms with van der Waals surface area (Å²) in [5, 5.41) is 15.6. The van der Waals surface area contributed by atoms with E-state index in [1.165, 1.54) is 0 Å². The first kappa shape index (κ1) is 39.2. The number of nitrogens with one attached hydrogen (secondary N) is 1. The van der Waals surface area contributed by atoms with Crippen molar-refractivity contribution in [2.75, 3.05) is 71.4 Å². The molecule has 1 aromatic carbocycles. The summed E-state index contributed by atoms with van der Waals surface area (Å²) in [6, 6.07) is 15.7. The van der Waals surface area contributed by atoms with Crippen LogP contribution in [0.3, 0.4) is 0 Å². The van der Waals surface area contributed by atoms with Gasteiger partial charge < -0.3 is 43.2 Å². The van der Waals surface area contributed by atoms with Crippen LogP contribution in [0.4, 0.5) is 5.69 Å². The Bertz CT molecular complexity index is 1870. The van der Waals surface area contributed by atoms with Crippen molar-refractivity contribution in [3.63, 3.8) is 0 Å². The van der Waals surface area contributed by atoms with Gasteiger partial charge in [-0.2, -0.15) is 0 Å². The zero-order valence-corrected chi connectivity index (χ0v) is 30.4. The lowest BCUT2D eigenvalue weighted by Crippen LogP contribution is -2.16.